The summed E-state index contributed by atoms with van der Waals surface area (Å²) < 4.78 is 37.4. The fraction of sp³-hybridized carbons (Fsp3) is 0.350. The molecule has 1 aliphatic heterocycles. The standard InChI is InChI=1S/C20H24N2O5S/c1-13(2)19(14-7-8-17-18(12-14)27-10-9-26-17)22-20(23)15-5-4-6-16(11-15)28(24,25)21-3/h4-8,11-13,19,21H,9-10H2,1-3H3,(H,22,23)/t19-/m1/s1. The predicted octanol–water partition coefficient (Wildman–Crippen LogP) is 2.49. The summed E-state index contributed by atoms with van der Waals surface area (Å²) >= 11 is 0. The van der Waals surface area contributed by atoms with Crippen LogP contribution in [-0.2, 0) is 10.0 Å². The Morgan fingerprint density at radius 2 is 1.75 bits per heavy atom. The maximum absolute atomic E-state index is 12.8. The molecule has 3 rings (SSSR count). The molecule has 0 aliphatic carbocycles. The van der Waals surface area contributed by atoms with Gasteiger partial charge in [-0.3, -0.25) is 4.79 Å². The maximum Gasteiger partial charge on any atom is 0.251 e. The molecule has 0 saturated carbocycles. The molecule has 1 heterocycles. The molecule has 8 heteroatoms. The van der Waals surface area contributed by atoms with E-state index in [0.29, 0.717) is 24.7 Å². The molecule has 0 saturated heterocycles. The van der Waals surface area contributed by atoms with E-state index in [1.807, 2.05) is 32.0 Å². The molecule has 1 aliphatic rings. The topological polar surface area (TPSA) is 93.7 Å². The minimum Gasteiger partial charge on any atom is -0.486 e. The molecule has 28 heavy (non-hydrogen) atoms. The molecule has 2 N–H and O–H groups in total. The van der Waals surface area contributed by atoms with Gasteiger partial charge in [0.15, 0.2) is 11.5 Å². The lowest BCUT2D eigenvalue weighted by atomic mass is 9.95. The van der Waals surface area contributed by atoms with Crippen molar-refractivity contribution in [2.24, 2.45) is 5.92 Å². The van der Waals surface area contributed by atoms with Gasteiger partial charge in [-0.25, -0.2) is 13.1 Å². The van der Waals surface area contributed by atoms with Gasteiger partial charge in [0.05, 0.1) is 10.9 Å². The van der Waals surface area contributed by atoms with Gasteiger partial charge in [-0.1, -0.05) is 26.0 Å². The zero-order valence-electron chi connectivity index (χ0n) is 16.1. The molecule has 2 aromatic rings. The summed E-state index contributed by atoms with van der Waals surface area (Å²) in [5.41, 5.74) is 1.17. The van der Waals surface area contributed by atoms with Gasteiger partial charge in [0.1, 0.15) is 13.2 Å². The van der Waals surface area contributed by atoms with Gasteiger partial charge in [-0.15, -0.1) is 0 Å². The van der Waals surface area contributed by atoms with Crippen molar-refractivity contribution in [1.29, 1.82) is 0 Å². The Labute approximate surface area is 165 Å². The average Bonchev–Trinajstić information content (AvgIpc) is 2.71. The van der Waals surface area contributed by atoms with E-state index in [9.17, 15) is 13.2 Å². The van der Waals surface area contributed by atoms with E-state index in [1.54, 1.807) is 12.1 Å². The highest BCUT2D eigenvalue weighted by Crippen LogP contribution is 2.34. The van der Waals surface area contributed by atoms with E-state index >= 15 is 0 Å². The first-order valence-corrected chi connectivity index (χ1v) is 10.5. The molecular weight excluding hydrogens is 380 g/mol. The fourth-order valence-corrected chi connectivity index (χ4v) is 3.81. The van der Waals surface area contributed by atoms with Crippen LogP contribution in [0.5, 0.6) is 11.5 Å². The highest BCUT2D eigenvalue weighted by Gasteiger charge is 2.23. The molecule has 0 bridgehead atoms. The van der Waals surface area contributed by atoms with Crippen LogP contribution in [0.15, 0.2) is 47.4 Å². The molecule has 7 nitrogen and oxygen atoms in total. The van der Waals surface area contributed by atoms with Crippen molar-refractivity contribution in [2.45, 2.75) is 24.8 Å². The van der Waals surface area contributed by atoms with E-state index in [0.717, 1.165) is 5.56 Å². The lowest BCUT2D eigenvalue weighted by molar-refractivity contribution is 0.0925. The summed E-state index contributed by atoms with van der Waals surface area (Å²) in [6.07, 6.45) is 0. The zero-order chi connectivity index (χ0) is 20.3. The van der Waals surface area contributed by atoms with E-state index in [-0.39, 0.29) is 28.3 Å². The van der Waals surface area contributed by atoms with Crippen LogP contribution < -0.4 is 19.5 Å². The first kappa shape index (κ1) is 20.2. The number of sulfonamides is 1. The summed E-state index contributed by atoms with van der Waals surface area (Å²) in [6.45, 7) is 5.01. The zero-order valence-corrected chi connectivity index (χ0v) is 16.9. The molecule has 0 aromatic heterocycles. The Balaban J connectivity index is 1.85. The van der Waals surface area contributed by atoms with Crippen LogP contribution in [0.2, 0.25) is 0 Å². The quantitative estimate of drug-likeness (QED) is 0.772. The Hall–Kier alpha value is -2.58. The minimum atomic E-state index is -3.62. The number of nitrogens with one attached hydrogen (secondary N) is 2. The smallest absolute Gasteiger partial charge is 0.251 e. The Morgan fingerprint density at radius 1 is 1.04 bits per heavy atom. The van der Waals surface area contributed by atoms with E-state index in [4.69, 9.17) is 9.47 Å². The van der Waals surface area contributed by atoms with Crippen LogP contribution in [0, 0.1) is 5.92 Å². The second-order valence-electron chi connectivity index (χ2n) is 6.83. The highest BCUT2D eigenvalue weighted by atomic mass is 32.2. The molecule has 0 unspecified atom stereocenters. The van der Waals surface area contributed by atoms with E-state index < -0.39 is 10.0 Å². The summed E-state index contributed by atoms with van der Waals surface area (Å²) in [4.78, 5) is 12.9. The molecule has 0 radical (unpaired) electrons. The number of ether oxygens (including phenoxy) is 2. The van der Waals surface area contributed by atoms with Crippen molar-refractivity contribution in [3.8, 4) is 11.5 Å². The van der Waals surface area contributed by atoms with Crippen LogP contribution in [0.1, 0.15) is 35.8 Å². The van der Waals surface area contributed by atoms with Gasteiger partial charge in [-0.05, 0) is 48.9 Å². The minimum absolute atomic E-state index is 0.0445. The monoisotopic (exact) mass is 404 g/mol. The van der Waals surface area contributed by atoms with Crippen molar-refractivity contribution in [3.05, 3.63) is 53.6 Å². The number of fused-ring (bicyclic) bond motifs is 1. The molecule has 150 valence electrons. The summed E-state index contributed by atoms with van der Waals surface area (Å²) in [5, 5.41) is 3.00. The Morgan fingerprint density at radius 3 is 2.43 bits per heavy atom. The van der Waals surface area contributed by atoms with E-state index in [1.165, 1.54) is 19.2 Å². The molecule has 1 atom stereocenters. The van der Waals surface area contributed by atoms with Gasteiger partial charge in [0.2, 0.25) is 10.0 Å². The summed E-state index contributed by atoms with van der Waals surface area (Å²) in [7, 11) is -2.29. The Bertz CT molecular complexity index is 972. The van der Waals surface area contributed by atoms with Crippen LogP contribution in [0.4, 0.5) is 0 Å². The van der Waals surface area contributed by atoms with Crippen LogP contribution in [0.25, 0.3) is 0 Å². The first-order valence-electron chi connectivity index (χ1n) is 9.06. The lowest BCUT2D eigenvalue weighted by Crippen LogP contribution is -2.32. The molecular formula is C20H24N2O5S. The van der Waals surface area contributed by atoms with Gasteiger partial charge in [0, 0.05) is 5.56 Å². The number of benzene rings is 2. The second-order valence-corrected chi connectivity index (χ2v) is 8.72. The number of rotatable bonds is 6. The third-order valence-electron chi connectivity index (χ3n) is 4.55. The lowest BCUT2D eigenvalue weighted by Gasteiger charge is -2.25. The molecule has 0 spiro atoms. The van der Waals surface area contributed by atoms with Crippen LogP contribution >= 0.6 is 0 Å². The van der Waals surface area contributed by atoms with Gasteiger partial charge >= 0.3 is 0 Å². The van der Waals surface area contributed by atoms with Crippen molar-refractivity contribution < 1.29 is 22.7 Å². The summed E-state index contributed by atoms with van der Waals surface area (Å²) in [6, 6.07) is 11.3. The van der Waals surface area contributed by atoms with Gasteiger partial charge in [0.25, 0.3) is 5.91 Å². The highest BCUT2D eigenvalue weighted by molar-refractivity contribution is 7.89. The SMILES string of the molecule is CNS(=O)(=O)c1cccc(C(=O)N[C@@H](c2ccc3c(c2)OCCO3)C(C)C)c1. The summed E-state index contributed by atoms with van der Waals surface area (Å²) in [5.74, 6) is 1.11. The predicted molar refractivity (Wildman–Crippen MR) is 105 cm³/mol. The Kier molecular flexibility index (Phi) is 5.90. The van der Waals surface area contributed by atoms with Crippen molar-refractivity contribution in [3.63, 3.8) is 0 Å². The number of carbonyl (C=O) groups excluding carboxylic acids is 1. The van der Waals surface area contributed by atoms with Crippen LogP contribution in [0.3, 0.4) is 0 Å². The van der Waals surface area contributed by atoms with Gasteiger partial charge in [-0.2, -0.15) is 0 Å². The second kappa shape index (κ2) is 8.20. The number of hydrogen-bond donors (Lipinski definition) is 2. The van der Waals surface area contributed by atoms with Crippen molar-refractivity contribution in [2.75, 3.05) is 20.3 Å². The van der Waals surface area contributed by atoms with Crippen LogP contribution in [-0.4, -0.2) is 34.6 Å². The van der Waals surface area contributed by atoms with E-state index in [2.05, 4.69) is 10.0 Å². The number of amides is 1. The van der Waals surface area contributed by atoms with Crippen molar-refractivity contribution >= 4 is 15.9 Å². The maximum atomic E-state index is 12.8. The third-order valence-corrected chi connectivity index (χ3v) is 5.97. The molecule has 0 fully saturated rings. The first-order chi connectivity index (χ1) is 13.3. The molecule has 1 amide bonds. The van der Waals surface area contributed by atoms with Gasteiger partial charge < -0.3 is 14.8 Å². The van der Waals surface area contributed by atoms with Crippen molar-refractivity contribution in [1.82, 2.24) is 10.0 Å². The average molecular weight is 404 g/mol. The number of hydrogen-bond acceptors (Lipinski definition) is 5. The molecule has 2 aromatic carbocycles. The normalized spacial score (nSPS) is 14.6. The number of carbonyl (C=O) groups is 1. The largest absolute Gasteiger partial charge is 0.486 e. The fourth-order valence-electron chi connectivity index (χ4n) is 3.04. The third kappa shape index (κ3) is 4.28.